The highest BCUT2D eigenvalue weighted by Gasteiger charge is 2.05. The molecule has 0 spiro atoms. The summed E-state index contributed by atoms with van der Waals surface area (Å²) in [7, 11) is 0. The van der Waals surface area contributed by atoms with E-state index in [-0.39, 0.29) is 18.2 Å². The average molecular weight is 221 g/mol. The molecule has 0 saturated heterocycles. The topological polar surface area (TPSA) is 87.7 Å². The molecular weight excluding hydrogens is 206 g/mol. The first kappa shape index (κ1) is 12.0. The highest BCUT2D eigenvalue weighted by Crippen LogP contribution is 2.11. The SMILES string of the molecule is CCc1cccc(NC(=O)C/C(N)=N/O)c1. The van der Waals surface area contributed by atoms with Crippen molar-refractivity contribution in [3.05, 3.63) is 29.8 Å². The van der Waals surface area contributed by atoms with Gasteiger partial charge in [0.1, 0.15) is 5.84 Å². The number of nitrogens with zero attached hydrogens (tertiary/aromatic N) is 1. The lowest BCUT2D eigenvalue weighted by Gasteiger charge is -2.05. The molecule has 0 heterocycles. The molecule has 5 heteroatoms. The minimum atomic E-state index is -0.302. The lowest BCUT2D eigenvalue weighted by Crippen LogP contribution is -2.22. The molecule has 0 bridgehead atoms. The number of hydrogen-bond acceptors (Lipinski definition) is 3. The number of nitrogens with one attached hydrogen (secondary N) is 1. The normalized spacial score (nSPS) is 11.2. The Hall–Kier alpha value is -2.04. The van der Waals surface area contributed by atoms with Gasteiger partial charge < -0.3 is 16.3 Å². The standard InChI is InChI=1S/C11H15N3O2/c1-2-8-4-3-5-9(6-8)13-11(15)7-10(12)14-16/h3-6,16H,2,7H2,1H3,(H2,12,14)(H,13,15). The minimum absolute atomic E-state index is 0.107. The summed E-state index contributed by atoms with van der Waals surface area (Å²) in [5.41, 5.74) is 7.08. The molecule has 0 radical (unpaired) electrons. The third-order valence-electron chi connectivity index (χ3n) is 2.09. The largest absolute Gasteiger partial charge is 0.409 e. The molecule has 4 N–H and O–H groups in total. The van der Waals surface area contributed by atoms with Crippen LogP contribution in [0.25, 0.3) is 0 Å². The summed E-state index contributed by atoms with van der Waals surface area (Å²) < 4.78 is 0. The van der Waals surface area contributed by atoms with E-state index in [9.17, 15) is 4.79 Å². The van der Waals surface area contributed by atoms with Crippen LogP contribution in [0.2, 0.25) is 0 Å². The van der Waals surface area contributed by atoms with Crippen molar-refractivity contribution in [2.24, 2.45) is 10.9 Å². The number of anilines is 1. The Morgan fingerprint density at radius 1 is 1.56 bits per heavy atom. The van der Waals surface area contributed by atoms with Crippen LogP contribution in [-0.4, -0.2) is 17.0 Å². The van der Waals surface area contributed by atoms with Crippen molar-refractivity contribution < 1.29 is 10.0 Å². The Kier molecular flexibility index (Phi) is 4.32. The van der Waals surface area contributed by atoms with E-state index in [4.69, 9.17) is 10.9 Å². The van der Waals surface area contributed by atoms with E-state index < -0.39 is 0 Å². The van der Waals surface area contributed by atoms with Gasteiger partial charge in [-0.25, -0.2) is 0 Å². The number of nitrogens with two attached hydrogens (primary N) is 1. The van der Waals surface area contributed by atoms with Crippen LogP contribution in [0.15, 0.2) is 29.4 Å². The first-order valence-corrected chi connectivity index (χ1v) is 5.01. The van der Waals surface area contributed by atoms with E-state index in [0.29, 0.717) is 0 Å². The summed E-state index contributed by atoms with van der Waals surface area (Å²) in [6.45, 7) is 2.04. The molecule has 0 aromatic heterocycles. The van der Waals surface area contributed by atoms with Gasteiger partial charge in [-0.1, -0.05) is 24.2 Å². The molecule has 1 amide bonds. The van der Waals surface area contributed by atoms with E-state index >= 15 is 0 Å². The fraction of sp³-hybridized carbons (Fsp3) is 0.273. The maximum atomic E-state index is 11.4. The van der Waals surface area contributed by atoms with Crippen molar-refractivity contribution in [1.29, 1.82) is 0 Å². The Labute approximate surface area is 94.0 Å². The minimum Gasteiger partial charge on any atom is -0.409 e. The molecule has 1 rings (SSSR count). The van der Waals surface area contributed by atoms with Crippen LogP contribution >= 0.6 is 0 Å². The molecule has 0 aliphatic heterocycles. The van der Waals surface area contributed by atoms with Crippen molar-refractivity contribution in [3.8, 4) is 0 Å². The zero-order valence-electron chi connectivity index (χ0n) is 9.10. The second-order valence-corrected chi connectivity index (χ2v) is 3.37. The van der Waals surface area contributed by atoms with Crippen molar-refractivity contribution in [2.45, 2.75) is 19.8 Å². The van der Waals surface area contributed by atoms with Crippen LogP contribution in [0.3, 0.4) is 0 Å². The predicted molar refractivity (Wildman–Crippen MR) is 62.5 cm³/mol. The third-order valence-corrected chi connectivity index (χ3v) is 2.09. The van der Waals surface area contributed by atoms with Crippen LogP contribution in [0, 0.1) is 0 Å². The number of amidine groups is 1. The highest BCUT2D eigenvalue weighted by atomic mass is 16.4. The molecule has 0 aliphatic rings. The van der Waals surface area contributed by atoms with Crippen molar-refractivity contribution in [1.82, 2.24) is 0 Å². The highest BCUT2D eigenvalue weighted by molar-refractivity contribution is 6.04. The van der Waals surface area contributed by atoms with Crippen molar-refractivity contribution in [2.75, 3.05) is 5.32 Å². The summed E-state index contributed by atoms with van der Waals surface area (Å²) >= 11 is 0. The smallest absolute Gasteiger partial charge is 0.232 e. The number of amides is 1. The molecule has 0 aliphatic carbocycles. The number of carbonyl (C=O) groups is 1. The van der Waals surface area contributed by atoms with Gasteiger partial charge in [0.05, 0.1) is 6.42 Å². The molecule has 0 saturated carbocycles. The zero-order chi connectivity index (χ0) is 12.0. The second kappa shape index (κ2) is 5.75. The summed E-state index contributed by atoms with van der Waals surface area (Å²) in [6, 6.07) is 7.55. The van der Waals surface area contributed by atoms with Gasteiger partial charge in [0.25, 0.3) is 0 Å². The molecule has 16 heavy (non-hydrogen) atoms. The Balaban J connectivity index is 2.62. The molecule has 1 aromatic rings. The fourth-order valence-corrected chi connectivity index (χ4v) is 1.27. The van der Waals surface area contributed by atoms with E-state index in [1.807, 2.05) is 25.1 Å². The van der Waals surface area contributed by atoms with E-state index in [1.165, 1.54) is 0 Å². The van der Waals surface area contributed by atoms with E-state index in [1.54, 1.807) is 6.07 Å². The molecule has 0 unspecified atom stereocenters. The van der Waals surface area contributed by atoms with Gasteiger partial charge in [0, 0.05) is 5.69 Å². The average Bonchev–Trinajstić information content (AvgIpc) is 2.28. The van der Waals surface area contributed by atoms with Gasteiger partial charge in [-0.05, 0) is 24.1 Å². The lowest BCUT2D eigenvalue weighted by atomic mass is 10.1. The lowest BCUT2D eigenvalue weighted by molar-refractivity contribution is -0.115. The quantitative estimate of drug-likeness (QED) is 0.310. The first-order chi connectivity index (χ1) is 7.65. The Morgan fingerprint density at radius 3 is 2.94 bits per heavy atom. The fourth-order valence-electron chi connectivity index (χ4n) is 1.27. The summed E-state index contributed by atoms with van der Waals surface area (Å²) in [5, 5.41) is 13.7. The summed E-state index contributed by atoms with van der Waals surface area (Å²) in [6.07, 6.45) is 0.788. The van der Waals surface area contributed by atoms with Crippen LogP contribution in [0.1, 0.15) is 18.9 Å². The van der Waals surface area contributed by atoms with Gasteiger partial charge >= 0.3 is 0 Å². The van der Waals surface area contributed by atoms with Crippen LogP contribution in [0.5, 0.6) is 0 Å². The van der Waals surface area contributed by atoms with Gasteiger partial charge in [-0.15, -0.1) is 0 Å². The molecular formula is C11H15N3O2. The van der Waals surface area contributed by atoms with E-state index in [0.717, 1.165) is 17.7 Å². The van der Waals surface area contributed by atoms with Crippen LogP contribution in [-0.2, 0) is 11.2 Å². The van der Waals surface area contributed by atoms with Gasteiger partial charge in [0.15, 0.2) is 0 Å². The number of carbonyl (C=O) groups excluding carboxylic acids is 1. The maximum Gasteiger partial charge on any atom is 0.232 e. The Morgan fingerprint density at radius 2 is 2.31 bits per heavy atom. The van der Waals surface area contributed by atoms with Crippen molar-refractivity contribution >= 4 is 17.4 Å². The van der Waals surface area contributed by atoms with E-state index in [2.05, 4.69) is 10.5 Å². The monoisotopic (exact) mass is 221 g/mol. The number of oxime groups is 1. The van der Waals surface area contributed by atoms with Crippen molar-refractivity contribution in [3.63, 3.8) is 0 Å². The summed E-state index contributed by atoms with van der Waals surface area (Å²) in [5.74, 6) is -0.410. The van der Waals surface area contributed by atoms with Crippen LogP contribution < -0.4 is 11.1 Å². The number of rotatable bonds is 4. The first-order valence-electron chi connectivity index (χ1n) is 5.01. The second-order valence-electron chi connectivity index (χ2n) is 3.37. The predicted octanol–water partition coefficient (Wildman–Crippen LogP) is 1.32. The molecule has 0 fully saturated rings. The number of benzene rings is 1. The molecule has 5 nitrogen and oxygen atoms in total. The van der Waals surface area contributed by atoms with Gasteiger partial charge in [0.2, 0.25) is 5.91 Å². The van der Waals surface area contributed by atoms with Crippen LogP contribution in [0.4, 0.5) is 5.69 Å². The Bertz CT molecular complexity index is 402. The molecule has 0 atom stereocenters. The number of aryl methyl sites for hydroxylation is 1. The van der Waals surface area contributed by atoms with Gasteiger partial charge in [-0.3, -0.25) is 4.79 Å². The molecule has 1 aromatic carbocycles. The number of hydrogen-bond donors (Lipinski definition) is 3. The molecule has 86 valence electrons. The third kappa shape index (κ3) is 3.61. The van der Waals surface area contributed by atoms with Gasteiger partial charge in [-0.2, -0.15) is 0 Å². The maximum absolute atomic E-state index is 11.4. The zero-order valence-corrected chi connectivity index (χ0v) is 9.10. The summed E-state index contributed by atoms with van der Waals surface area (Å²) in [4.78, 5) is 11.4.